The molecule has 27 heavy (non-hydrogen) atoms. The van der Waals surface area contributed by atoms with Gasteiger partial charge in [-0.15, -0.1) is 0 Å². The summed E-state index contributed by atoms with van der Waals surface area (Å²) in [6.45, 7) is -0.218. The SMILES string of the molecule is CN[C@H](CO)CONC(=O)c1ccc(F)c(F)c1Nc1ccc(I)cc1Cl. The van der Waals surface area contributed by atoms with Crippen LogP contribution in [0.2, 0.25) is 5.02 Å². The van der Waals surface area contributed by atoms with E-state index in [1.165, 1.54) is 0 Å². The molecule has 2 aromatic carbocycles. The molecule has 10 heteroatoms. The highest BCUT2D eigenvalue weighted by atomic mass is 127. The van der Waals surface area contributed by atoms with Crippen molar-refractivity contribution in [1.82, 2.24) is 10.8 Å². The van der Waals surface area contributed by atoms with Crippen molar-refractivity contribution in [2.24, 2.45) is 0 Å². The summed E-state index contributed by atoms with van der Waals surface area (Å²) in [6.07, 6.45) is 0. The maximum absolute atomic E-state index is 14.3. The van der Waals surface area contributed by atoms with Crippen LogP contribution in [0.5, 0.6) is 0 Å². The standard InChI is InChI=1S/C17H17ClF2IN3O3/c1-22-10(7-25)8-27-24-17(26)11-3-4-13(19)15(20)16(11)23-14-5-2-9(21)6-12(14)18/h2-6,10,22-23,25H,7-8H2,1H3,(H,24,26)/t10-/m1/s1. The van der Waals surface area contributed by atoms with Crippen LogP contribution in [0.3, 0.4) is 0 Å². The highest BCUT2D eigenvalue weighted by molar-refractivity contribution is 14.1. The molecule has 1 amide bonds. The van der Waals surface area contributed by atoms with E-state index in [1.807, 2.05) is 0 Å². The number of aliphatic hydroxyl groups excluding tert-OH is 1. The molecule has 0 aliphatic heterocycles. The molecule has 2 aromatic rings. The average molecular weight is 512 g/mol. The average Bonchev–Trinajstić information content (AvgIpc) is 2.64. The summed E-state index contributed by atoms with van der Waals surface area (Å²) in [7, 11) is 1.62. The number of benzene rings is 2. The molecule has 2 rings (SSSR count). The lowest BCUT2D eigenvalue weighted by molar-refractivity contribution is 0.0164. The van der Waals surface area contributed by atoms with Gasteiger partial charge >= 0.3 is 0 Å². The normalized spacial score (nSPS) is 11.9. The largest absolute Gasteiger partial charge is 0.395 e. The van der Waals surface area contributed by atoms with Gasteiger partial charge in [-0.1, -0.05) is 11.6 Å². The first kappa shape index (κ1) is 21.8. The van der Waals surface area contributed by atoms with E-state index in [1.54, 1.807) is 25.2 Å². The van der Waals surface area contributed by atoms with Crippen molar-refractivity contribution in [3.63, 3.8) is 0 Å². The number of carbonyl (C=O) groups is 1. The molecule has 0 radical (unpaired) electrons. The van der Waals surface area contributed by atoms with Crippen molar-refractivity contribution in [2.45, 2.75) is 6.04 Å². The second kappa shape index (κ2) is 10.1. The van der Waals surface area contributed by atoms with Gasteiger partial charge in [-0.2, -0.15) is 0 Å². The van der Waals surface area contributed by atoms with E-state index in [0.717, 1.165) is 15.7 Å². The Balaban J connectivity index is 2.24. The lowest BCUT2D eigenvalue weighted by Gasteiger charge is -2.16. The quantitative estimate of drug-likeness (QED) is 0.323. The van der Waals surface area contributed by atoms with Crippen LogP contribution in [-0.4, -0.2) is 37.3 Å². The third kappa shape index (κ3) is 5.72. The summed E-state index contributed by atoms with van der Waals surface area (Å²) < 4.78 is 28.9. The van der Waals surface area contributed by atoms with E-state index in [9.17, 15) is 13.6 Å². The maximum Gasteiger partial charge on any atom is 0.277 e. The van der Waals surface area contributed by atoms with Crippen LogP contribution < -0.4 is 16.1 Å². The maximum atomic E-state index is 14.3. The van der Waals surface area contributed by atoms with Gasteiger partial charge in [-0.05, 0) is 60.0 Å². The fourth-order valence-corrected chi connectivity index (χ4v) is 2.98. The minimum absolute atomic E-state index is 0.0197. The Hall–Kier alpha value is -1.53. The third-order valence-electron chi connectivity index (χ3n) is 3.61. The summed E-state index contributed by atoms with van der Waals surface area (Å²) in [5.41, 5.74) is 1.91. The molecule has 4 N–H and O–H groups in total. The van der Waals surface area contributed by atoms with Crippen LogP contribution in [0.15, 0.2) is 30.3 Å². The minimum Gasteiger partial charge on any atom is -0.395 e. The smallest absolute Gasteiger partial charge is 0.277 e. The van der Waals surface area contributed by atoms with E-state index in [2.05, 4.69) is 38.7 Å². The molecule has 0 aliphatic carbocycles. The number of hydroxylamine groups is 1. The monoisotopic (exact) mass is 511 g/mol. The van der Waals surface area contributed by atoms with E-state index >= 15 is 0 Å². The van der Waals surface area contributed by atoms with Gasteiger partial charge in [-0.3, -0.25) is 9.63 Å². The third-order valence-corrected chi connectivity index (χ3v) is 4.59. The Bertz CT molecular complexity index is 822. The van der Waals surface area contributed by atoms with Gasteiger partial charge in [0, 0.05) is 3.57 Å². The van der Waals surface area contributed by atoms with Gasteiger partial charge in [0.05, 0.1) is 41.2 Å². The number of rotatable bonds is 8. The number of hydrogen-bond acceptors (Lipinski definition) is 5. The Kier molecular flexibility index (Phi) is 8.17. The molecule has 0 saturated carbocycles. The van der Waals surface area contributed by atoms with Crippen molar-refractivity contribution in [3.8, 4) is 0 Å². The van der Waals surface area contributed by atoms with Crippen molar-refractivity contribution in [1.29, 1.82) is 0 Å². The van der Waals surface area contributed by atoms with Crippen molar-refractivity contribution < 1.29 is 23.5 Å². The molecule has 0 bridgehead atoms. The fraction of sp³-hybridized carbons (Fsp3) is 0.235. The van der Waals surface area contributed by atoms with Crippen LogP contribution >= 0.6 is 34.2 Å². The van der Waals surface area contributed by atoms with Gasteiger partial charge in [-0.25, -0.2) is 14.3 Å². The number of aliphatic hydroxyl groups is 1. The lowest BCUT2D eigenvalue weighted by Crippen LogP contribution is -2.37. The molecule has 6 nitrogen and oxygen atoms in total. The summed E-state index contributed by atoms with van der Waals surface area (Å²) in [6, 6.07) is 6.53. The Morgan fingerprint density at radius 2 is 2.07 bits per heavy atom. The summed E-state index contributed by atoms with van der Waals surface area (Å²) in [4.78, 5) is 17.3. The number of carbonyl (C=O) groups excluding carboxylic acids is 1. The molecule has 1 atom stereocenters. The van der Waals surface area contributed by atoms with Crippen LogP contribution in [-0.2, 0) is 4.84 Å². The van der Waals surface area contributed by atoms with Crippen molar-refractivity contribution in [3.05, 3.63) is 56.1 Å². The van der Waals surface area contributed by atoms with E-state index in [0.29, 0.717) is 5.69 Å². The Morgan fingerprint density at radius 1 is 1.33 bits per heavy atom. The second-order valence-corrected chi connectivity index (χ2v) is 7.10. The molecule has 0 aliphatic rings. The number of amides is 1. The summed E-state index contributed by atoms with van der Waals surface area (Å²) in [5.74, 6) is -3.13. The Labute approximate surface area is 173 Å². The predicted molar refractivity (Wildman–Crippen MR) is 107 cm³/mol. The first-order valence-electron chi connectivity index (χ1n) is 7.77. The van der Waals surface area contributed by atoms with Gasteiger partial charge in [0.25, 0.3) is 5.91 Å². The molecule has 0 aromatic heterocycles. The molecular weight excluding hydrogens is 495 g/mol. The minimum atomic E-state index is -1.22. The number of nitrogens with one attached hydrogen (secondary N) is 3. The second-order valence-electron chi connectivity index (χ2n) is 5.44. The van der Waals surface area contributed by atoms with Crippen LogP contribution in [0, 0.1) is 15.2 Å². The molecule has 0 unspecified atom stereocenters. The number of hydrogen-bond donors (Lipinski definition) is 4. The molecular formula is C17H17ClF2IN3O3. The van der Waals surface area contributed by atoms with Gasteiger partial charge in [0.15, 0.2) is 11.6 Å². The first-order chi connectivity index (χ1) is 12.9. The van der Waals surface area contributed by atoms with Gasteiger partial charge in [0.2, 0.25) is 0 Å². The predicted octanol–water partition coefficient (Wildman–Crippen LogP) is 3.21. The zero-order valence-electron chi connectivity index (χ0n) is 14.2. The molecule has 0 fully saturated rings. The molecule has 0 spiro atoms. The summed E-state index contributed by atoms with van der Waals surface area (Å²) >= 11 is 8.17. The van der Waals surface area contributed by atoms with Crippen LogP contribution in [0.25, 0.3) is 0 Å². The molecule has 0 heterocycles. The number of likely N-dealkylation sites (N-methyl/N-ethyl adjacent to an activating group) is 1. The van der Waals surface area contributed by atoms with Gasteiger partial charge < -0.3 is 15.7 Å². The number of anilines is 2. The highest BCUT2D eigenvalue weighted by Gasteiger charge is 2.20. The molecule has 0 saturated heterocycles. The van der Waals surface area contributed by atoms with Crippen LogP contribution in [0.1, 0.15) is 10.4 Å². The Morgan fingerprint density at radius 3 is 2.70 bits per heavy atom. The van der Waals surface area contributed by atoms with E-state index in [4.69, 9.17) is 21.5 Å². The topological polar surface area (TPSA) is 82.6 Å². The lowest BCUT2D eigenvalue weighted by atomic mass is 10.1. The number of halogens is 4. The van der Waals surface area contributed by atoms with E-state index < -0.39 is 23.6 Å². The first-order valence-corrected chi connectivity index (χ1v) is 9.23. The van der Waals surface area contributed by atoms with Crippen molar-refractivity contribution >= 4 is 51.5 Å². The zero-order chi connectivity index (χ0) is 20.0. The zero-order valence-corrected chi connectivity index (χ0v) is 17.1. The van der Waals surface area contributed by atoms with Gasteiger partial charge in [0.1, 0.15) is 0 Å². The van der Waals surface area contributed by atoms with Crippen molar-refractivity contribution in [2.75, 3.05) is 25.6 Å². The fourth-order valence-electron chi connectivity index (χ4n) is 2.08. The van der Waals surface area contributed by atoms with Crippen LogP contribution in [0.4, 0.5) is 20.2 Å². The summed E-state index contributed by atoms with van der Waals surface area (Å²) in [5, 5.41) is 14.8. The highest BCUT2D eigenvalue weighted by Crippen LogP contribution is 2.31. The van der Waals surface area contributed by atoms with E-state index in [-0.39, 0.29) is 29.5 Å². The molecule has 146 valence electrons.